The summed E-state index contributed by atoms with van der Waals surface area (Å²) in [6.07, 6.45) is 0. The maximum absolute atomic E-state index is 9.40. The van der Waals surface area contributed by atoms with E-state index >= 15 is 0 Å². The molecule has 0 atom stereocenters. The smallest absolute Gasteiger partial charge is 0.790 e. The number of phosphoric acid groups is 1. The van der Waals surface area contributed by atoms with Crippen molar-refractivity contribution in [1.82, 2.24) is 0 Å². The van der Waals surface area contributed by atoms with Gasteiger partial charge in [-0.1, -0.05) is 0 Å². The molecule has 0 spiro atoms. The number of hydrogen-bond acceptors (Lipinski definition) is 5. The first kappa shape index (κ1) is 16.7. The molecule has 0 aromatic rings. The van der Waals surface area contributed by atoms with Crippen LogP contribution >= 0.6 is 7.82 Å². The van der Waals surface area contributed by atoms with Gasteiger partial charge in [-0.05, 0) is 0 Å². The molecule has 5 nitrogen and oxygen atoms in total. The predicted octanol–water partition coefficient (Wildman–Crippen LogP) is -8.24. The van der Waals surface area contributed by atoms with Crippen molar-refractivity contribution < 1.29 is 56.6 Å². The average molecular weight is 139 g/mol. The van der Waals surface area contributed by atoms with Crippen LogP contribution in [0.4, 0.5) is 0 Å². The molecule has 0 saturated carbocycles. The van der Waals surface area contributed by atoms with E-state index in [0.29, 0.717) is 0 Å². The third-order valence-electron chi connectivity index (χ3n) is 0.233. The van der Waals surface area contributed by atoms with E-state index in [1.807, 2.05) is 0 Å². The Labute approximate surface area is 76.9 Å². The van der Waals surface area contributed by atoms with Crippen LogP contribution in [-0.2, 0) is 9.09 Å². The zero-order valence-electron chi connectivity index (χ0n) is 5.36. The van der Waals surface area contributed by atoms with Gasteiger partial charge in [0.05, 0.1) is 14.6 Å². The Hall–Kier alpha value is 1.26. The zero-order chi connectivity index (χ0) is 5.91. The Balaban J connectivity index is -0.000000180. The van der Waals surface area contributed by atoms with Crippen molar-refractivity contribution in [2.24, 2.45) is 5.73 Å². The van der Waals surface area contributed by atoms with Crippen LogP contribution in [0.15, 0.2) is 0 Å². The van der Waals surface area contributed by atoms with Crippen molar-refractivity contribution in [3.05, 3.63) is 0 Å². The Morgan fingerprint density at radius 2 is 1.78 bits per heavy atom. The molecule has 0 rings (SSSR count). The molecule has 0 bridgehead atoms. The molecule has 0 aromatic heterocycles. The fourth-order valence-electron chi connectivity index (χ4n) is 0.0913. The number of rotatable bonds is 2. The summed E-state index contributed by atoms with van der Waals surface area (Å²) >= 11 is 0. The van der Waals surface area contributed by atoms with Crippen LogP contribution < -0.4 is 53.2 Å². The summed E-state index contributed by atoms with van der Waals surface area (Å²) in [6, 6.07) is 0. The van der Waals surface area contributed by atoms with Gasteiger partial charge in [0.25, 0.3) is 0 Å². The third-order valence-corrected chi connectivity index (χ3v) is 0.698. The standard InChI is InChI=1S/CH6NO4P.2Li/c2-1-6-7(3,4)5;;/h1-2H2,(H2,3,4,5);;/q;2*+1/p-2. The summed E-state index contributed by atoms with van der Waals surface area (Å²) in [5, 5.41) is 0. The van der Waals surface area contributed by atoms with E-state index in [9.17, 15) is 14.4 Å². The second kappa shape index (κ2) is 7.37. The van der Waals surface area contributed by atoms with Gasteiger partial charge in [-0.3, -0.25) is 0 Å². The maximum Gasteiger partial charge on any atom is 1.00 e. The van der Waals surface area contributed by atoms with E-state index < -0.39 is 14.6 Å². The van der Waals surface area contributed by atoms with E-state index in [4.69, 9.17) is 0 Å². The number of nitrogens with two attached hydrogens (primary N) is 1. The zero-order valence-corrected chi connectivity index (χ0v) is 6.26. The summed E-state index contributed by atoms with van der Waals surface area (Å²) in [6.45, 7) is -0.579. The van der Waals surface area contributed by atoms with Crippen LogP contribution in [0.1, 0.15) is 0 Å². The van der Waals surface area contributed by atoms with Crippen LogP contribution in [0.5, 0.6) is 0 Å². The van der Waals surface area contributed by atoms with Gasteiger partial charge in [0.15, 0.2) is 0 Å². The van der Waals surface area contributed by atoms with Gasteiger partial charge in [-0.2, -0.15) is 0 Å². The summed E-state index contributed by atoms with van der Waals surface area (Å²) in [5.41, 5.74) is 4.52. The molecular weight excluding hydrogens is 135 g/mol. The van der Waals surface area contributed by atoms with E-state index in [0.717, 1.165) is 0 Å². The van der Waals surface area contributed by atoms with Crippen molar-refractivity contribution in [2.45, 2.75) is 0 Å². The Morgan fingerprint density at radius 1 is 1.44 bits per heavy atom. The molecule has 0 amide bonds. The fraction of sp³-hybridized carbons (Fsp3) is 1.00. The quantitative estimate of drug-likeness (QED) is 0.232. The minimum absolute atomic E-state index is 0. The molecule has 0 aliphatic rings. The van der Waals surface area contributed by atoms with E-state index in [1.54, 1.807) is 0 Å². The molecule has 9 heavy (non-hydrogen) atoms. The van der Waals surface area contributed by atoms with E-state index in [-0.39, 0.29) is 37.7 Å². The van der Waals surface area contributed by atoms with Gasteiger partial charge in [0, 0.05) is 0 Å². The first-order chi connectivity index (χ1) is 3.06. The summed E-state index contributed by atoms with van der Waals surface area (Å²) in [5.74, 6) is 0. The van der Waals surface area contributed by atoms with Gasteiger partial charge in [-0.15, -0.1) is 0 Å². The molecule has 44 valence electrons. The van der Waals surface area contributed by atoms with E-state index in [2.05, 4.69) is 10.3 Å². The third kappa shape index (κ3) is 17.6. The van der Waals surface area contributed by atoms with Gasteiger partial charge in [0.2, 0.25) is 0 Å². The second-order valence-corrected chi connectivity index (χ2v) is 1.90. The normalized spacial score (nSPS) is 9.22. The summed E-state index contributed by atoms with van der Waals surface area (Å²) < 4.78 is 12.9. The molecule has 0 aliphatic carbocycles. The van der Waals surface area contributed by atoms with Crippen molar-refractivity contribution in [3.8, 4) is 0 Å². The van der Waals surface area contributed by atoms with Gasteiger partial charge >= 0.3 is 37.7 Å². The van der Waals surface area contributed by atoms with Crippen LogP contribution in [0, 0.1) is 0 Å². The van der Waals surface area contributed by atoms with Crippen molar-refractivity contribution in [3.63, 3.8) is 0 Å². The van der Waals surface area contributed by atoms with Crippen LogP contribution in [0.3, 0.4) is 0 Å². The number of phosphoric ester groups is 1. The molecule has 0 aliphatic heterocycles. The van der Waals surface area contributed by atoms with Gasteiger partial charge in [0.1, 0.15) is 0 Å². The molecule has 0 unspecified atom stereocenters. The Morgan fingerprint density at radius 3 is 1.78 bits per heavy atom. The average Bonchev–Trinajstić information content (AvgIpc) is 1.30. The molecule has 0 saturated heterocycles. The topological polar surface area (TPSA) is 98.4 Å². The Bertz CT molecular complexity index is 92.6. The number of hydrogen-bond donors (Lipinski definition) is 1. The van der Waals surface area contributed by atoms with Crippen molar-refractivity contribution >= 4 is 7.82 Å². The molecule has 0 radical (unpaired) electrons. The van der Waals surface area contributed by atoms with Crippen LogP contribution in [0.2, 0.25) is 0 Å². The first-order valence-electron chi connectivity index (χ1n) is 1.43. The minimum atomic E-state index is -4.79. The molecule has 8 heteroatoms. The molecule has 0 fully saturated rings. The SMILES string of the molecule is NCOP(=O)([O-])[O-].[Li+].[Li+]. The van der Waals surface area contributed by atoms with E-state index in [1.165, 1.54) is 0 Å². The molecular formula is CH4Li2NO4P. The Kier molecular flexibility index (Phi) is 13.7. The molecule has 0 heterocycles. The predicted molar refractivity (Wildman–Crippen MR) is 17.7 cm³/mol. The maximum atomic E-state index is 9.40. The summed E-state index contributed by atoms with van der Waals surface area (Å²) in [7, 11) is -4.79. The summed E-state index contributed by atoms with van der Waals surface area (Å²) in [4.78, 5) is 18.8. The van der Waals surface area contributed by atoms with Gasteiger partial charge < -0.3 is 24.6 Å². The van der Waals surface area contributed by atoms with Gasteiger partial charge in [-0.25, -0.2) is 0 Å². The van der Waals surface area contributed by atoms with Crippen LogP contribution in [0.25, 0.3) is 0 Å². The second-order valence-electron chi connectivity index (χ2n) is 0.743. The minimum Gasteiger partial charge on any atom is -0.790 e. The van der Waals surface area contributed by atoms with Crippen molar-refractivity contribution in [1.29, 1.82) is 0 Å². The van der Waals surface area contributed by atoms with Crippen molar-refractivity contribution in [2.75, 3.05) is 6.73 Å². The molecule has 2 N–H and O–H groups in total. The first-order valence-corrected chi connectivity index (χ1v) is 2.89. The monoisotopic (exact) mass is 139 g/mol. The fourth-order valence-corrected chi connectivity index (χ4v) is 0.274. The molecule has 0 aromatic carbocycles. The largest absolute Gasteiger partial charge is 1.00 e. The van der Waals surface area contributed by atoms with Crippen LogP contribution in [-0.4, -0.2) is 6.73 Å².